The van der Waals surface area contributed by atoms with E-state index >= 15 is 0 Å². The molecule has 0 unspecified atom stereocenters. The van der Waals surface area contributed by atoms with Crippen molar-refractivity contribution >= 4 is 27.2 Å². The van der Waals surface area contributed by atoms with Gasteiger partial charge in [-0.25, -0.2) is 8.42 Å². The fourth-order valence-electron chi connectivity index (χ4n) is 2.21. The zero-order valence-electron chi connectivity index (χ0n) is 12.9. The van der Waals surface area contributed by atoms with Crippen molar-refractivity contribution in [1.82, 2.24) is 0 Å². The minimum absolute atomic E-state index is 0.0620. The van der Waals surface area contributed by atoms with Gasteiger partial charge < -0.3 is 5.32 Å². The Bertz CT molecular complexity index is 856. The van der Waals surface area contributed by atoms with Crippen LogP contribution in [0, 0.1) is 0 Å². The number of nitrogens with one attached hydrogen (secondary N) is 1. The summed E-state index contributed by atoms with van der Waals surface area (Å²) in [6.07, 6.45) is 1.05. The topological polar surface area (TPSA) is 80.3 Å². The van der Waals surface area contributed by atoms with E-state index in [0.717, 1.165) is 6.26 Å². The standard InChI is InChI=1S/C17H17NO4S/c1-12(19)13-7-5-8-15(10-13)18-17(20)11-14-6-3-4-9-16(14)23(2,21)22/h3-10H,11H2,1-2H3,(H,18,20). The first-order valence-corrected chi connectivity index (χ1v) is 8.85. The Morgan fingerprint density at radius 2 is 1.74 bits per heavy atom. The Morgan fingerprint density at radius 3 is 2.39 bits per heavy atom. The third-order valence-electron chi connectivity index (χ3n) is 3.28. The molecule has 0 saturated heterocycles. The SMILES string of the molecule is CC(=O)c1cccc(NC(=O)Cc2ccccc2S(C)(=O)=O)c1. The number of ketones is 1. The lowest BCUT2D eigenvalue weighted by molar-refractivity contribution is -0.115. The predicted octanol–water partition coefficient (Wildman–Crippen LogP) is 2.47. The van der Waals surface area contributed by atoms with Gasteiger partial charge in [-0.15, -0.1) is 0 Å². The van der Waals surface area contributed by atoms with Crippen LogP contribution in [0.1, 0.15) is 22.8 Å². The molecule has 120 valence electrons. The van der Waals surface area contributed by atoms with E-state index < -0.39 is 9.84 Å². The first-order chi connectivity index (χ1) is 10.8. The van der Waals surface area contributed by atoms with E-state index in [9.17, 15) is 18.0 Å². The van der Waals surface area contributed by atoms with E-state index in [1.165, 1.54) is 13.0 Å². The van der Waals surface area contributed by atoms with E-state index in [2.05, 4.69) is 5.32 Å². The van der Waals surface area contributed by atoms with Gasteiger partial charge in [0.05, 0.1) is 11.3 Å². The smallest absolute Gasteiger partial charge is 0.228 e. The van der Waals surface area contributed by atoms with Crippen molar-refractivity contribution in [2.75, 3.05) is 11.6 Å². The van der Waals surface area contributed by atoms with Crippen molar-refractivity contribution in [2.24, 2.45) is 0 Å². The number of amides is 1. The van der Waals surface area contributed by atoms with Crippen LogP contribution in [0.2, 0.25) is 0 Å². The Balaban J connectivity index is 2.18. The van der Waals surface area contributed by atoms with E-state index in [1.54, 1.807) is 42.5 Å². The van der Waals surface area contributed by atoms with Gasteiger partial charge in [-0.2, -0.15) is 0 Å². The molecule has 0 spiro atoms. The molecule has 0 heterocycles. The summed E-state index contributed by atoms with van der Waals surface area (Å²) in [5.74, 6) is -0.440. The molecule has 0 saturated carbocycles. The van der Waals surface area contributed by atoms with Gasteiger partial charge in [0.15, 0.2) is 15.6 Å². The minimum Gasteiger partial charge on any atom is -0.326 e. The van der Waals surface area contributed by atoms with Crippen molar-refractivity contribution in [3.63, 3.8) is 0 Å². The maximum atomic E-state index is 12.2. The molecule has 6 heteroatoms. The minimum atomic E-state index is -3.39. The summed E-state index contributed by atoms with van der Waals surface area (Å²) in [4.78, 5) is 23.6. The van der Waals surface area contributed by atoms with Gasteiger partial charge in [0, 0.05) is 17.5 Å². The molecule has 2 aromatic carbocycles. The van der Waals surface area contributed by atoms with E-state index in [4.69, 9.17) is 0 Å². The van der Waals surface area contributed by atoms with Crippen molar-refractivity contribution in [2.45, 2.75) is 18.2 Å². The number of hydrogen-bond acceptors (Lipinski definition) is 4. The van der Waals surface area contributed by atoms with E-state index in [1.807, 2.05) is 0 Å². The van der Waals surface area contributed by atoms with Crippen LogP contribution < -0.4 is 5.32 Å². The summed E-state index contributed by atoms with van der Waals surface area (Å²) in [5, 5.41) is 2.68. The summed E-state index contributed by atoms with van der Waals surface area (Å²) in [7, 11) is -3.39. The Hall–Kier alpha value is -2.47. The molecule has 2 aromatic rings. The number of carbonyl (C=O) groups excluding carboxylic acids is 2. The summed E-state index contributed by atoms with van der Waals surface area (Å²) in [6, 6.07) is 13.0. The van der Waals surface area contributed by atoms with Crippen LogP contribution in [0.3, 0.4) is 0 Å². The molecule has 5 nitrogen and oxygen atoms in total. The molecular formula is C17H17NO4S. The number of benzene rings is 2. The molecular weight excluding hydrogens is 314 g/mol. The molecule has 0 bridgehead atoms. The number of hydrogen-bond donors (Lipinski definition) is 1. The van der Waals surface area contributed by atoms with Crippen molar-refractivity contribution < 1.29 is 18.0 Å². The molecule has 0 aliphatic heterocycles. The summed E-state index contributed by atoms with van der Waals surface area (Å²) >= 11 is 0. The fraction of sp³-hybridized carbons (Fsp3) is 0.176. The maximum Gasteiger partial charge on any atom is 0.228 e. The molecule has 1 N–H and O–H groups in total. The van der Waals surface area contributed by atoms with Crippen molar-refractivity contribution in [3.8, 4) is 0 Å². The molecule has 1 amide bonds. The summed E-state index contributed by atoms with van der Waals surface area (Å²) in [6.45, 7) is 1.45. The quantitative estimate of drug-likeness (QED) is 0.854. The van der Waals surface area contributed by atoms with Gasteiger partial charge in [0.2, 0.25) is 5.91 Å². The molecule has 0 aliphatic carbocycles. The highest BCUT2D eigenvalue weighted by Gasteiger charge is 2.15. The molecule has 0 aromatic heterocycles. The van der Waals surface area contributed by atoms with Crippen LogP contribution in [-0.4, -0.2) is 26.4 Å². The third-order valence-corrected chi connectivity index (χ3v) is 4.47. The van der Waals surface area contributed by atoms with Crippen LogP contribution in [0.5, 0.6) is 0 Å². The predicted molar refractivity (Wildman–Crippen MR) is 88.3 cm³/mol. The van der Waals surface area contributed by atoms with Crippen LogP contribution in [0.4, 0.5) is 5.69 Å². The monoisotopic (exact) mass is 331 g/mol. The lowest BCUT2D eigenvalue weighted by Gasteiger charge is -2.09. The highest BCUT2D eigenvalue weighted by Crippen LogP contribution is 2.17. The van der Waals surface area contributed by atoms with Gasteiger partial charge in [-0.1, -0.05) is 30.3 Å². The van der Waals surface area contributed by atoms with Gasteiger partial charge in [-0.05, 0) is 30.7 Å². The summed E-state index contributed by atoms with van der Waals surface area (Å²) < 4.78 is 23.5. The molecule has 0 atom stereocenters. The van der Waals surface area contributed by atoms with E-state index in [-0.39, 0.29) is 23.0 Å². The molecule has 0 fully saturated rings. The second kappa shape index (κ2) is 6.75. The average molecular weight is 331 g/mol. The van der Waals surface area contributed by atoms with Crippen molar-refractivity contribution in [3.05, 3.63) is 59.7 Å². The second-order valence-corrected chi connectivity index (χ2v) is 7.23. The van der Waals surface area contributed by atoms with Crippen LogP contribution in [0.25, 0.3) is 0 Å². The first-order valence-electron chi connectivity index (χ1n) is 6.96. The first kappa shape index (κ1) is 16.9. The lowest BCUT2D eigenvalue weighted by Crippen LogP contribution is -2.16. The van der Waals surface area contributed by atoms with Gasteiger partial charge in [0.25, 0.3) is 0 Å². The Labute approximate surface area is 135 Å². The zero-order chi connectivity index (χ0) is 17.0. The molecule has 2 rings (SSSR count). The highest BCUT2D eigenvalue weighted by molar-refractivity contribution is 7.90. The lowest BCUT2D eigenvalue weighted by atomic mass is 10.1. The molecule has 23 heavy (non-hydrogen) atoms. The average Bonchev–Trinajstić information content (AvgIpc) is 2.46. The maximum absolute atomic E-state index is 12.2. The number of anilines is 1. The summed E-state index contributed by atoms with van der Waals surface area (Å²) in [5.41, 5.74) is 1.44. The van der Waals surface area contributed by atoms with Crippen LogP contribution >= 0.6 is 0 Å². The number of rotatable bonds is 5. The van der Waals surface area contributed by atoms with Crippen LogP contribution in [-0.2, 0) is 21.1 Å². The second-order valence-electron chi connectivity index (χ2n) is 5.24. The fourth-order valence-corrected chi connectivity index (χ4v) is 3.15. The van der Waals surface area contributed by atoms with Gasteiger partial charge in [-0.3, -0.25) is 9.59 Å². The highest BCUT2D eigenvalue weighted by atomic mass is 32.2. The molecule has 0 aliphatic rings. The van der Waals surface area contributed by atoms with Gasteiger partial charge in [0.1, 0.15) is 0 Å². The van der Waals surface area contributed by atoms with Gasteiger partial charge >= 0.3 is 0 Å². The number of sulfone groups is 1. The largest absolute Gasteiger partial charge is 0.326 e. The Morgan fingerprint density at radius 1 is 1.04 bits per heavy atom. The normalized spacial score (nSPS) is 11.0. The van der Waals surface area contributed by atoms with Crippen LogP contribution in [0.15, 0.2) is 53.4 Å². The number of carbonyl (C=O) groups is 2. The number of Topliss-reactive ketones (excluding diaryl/α,β-unsaturated/α-hetero) is 1. The Kier molecular flexibility index (Phi) is 4.95. The molecule has 0 radical (unpaired) electrons. The third kappa shape index (κ3) is 4.50. The van der Waals surface area contributed by atoms with E-state index in [0.29, 0.717) is 16.8 Å². The zero-order valence-corrected chi connectivity index (χ0v) is 13.7. The van der Waals surface area contributed by atoms with Crippen molar-refractivity contribution in [1.29, 1.82) is 0 Å².